The van der Waals surface area contributed by atoms with Gasteiger partial charge in [-0.05, 0) is 28.3 Å². The maximum absolute atomic E-state index is 11.6. The topological polar surface area (TPSA) is 127 Å². The summed E-state index contributed by atoms with van der Waals surface area (Å²) in [5, 5.41) is 21.1. The van der Waals surface area contributed by atoms with Crippen LogP contribution in [0, 0.1) is 0 Å². The van der Waals surface area contributed by atoms with E-state index in [1.54, 1.807) is 12.1 Å². The molecular weight excluding hydrogens is 284 g/mol. The summed E-state index contributed by atoms with van der Waals surface area (Å²) < 4.78 is 0. The number of hydrogen-bond donors (Lipinski definition) is 4. The summed E-state index contributed by atoms with van der Waals surface area (Å²) in [4.78, 5) is 23.0. The molecule has 6 N–H and O–H groups in total. The minimum absolute atomic E-state index is 0.0724. The molecule has 0 radical (unpaired) electrons. The van der Waals surface area contributed by atoms with E-state index in [0.29, 0.717) is 5.39 Å². The highest BCUT2D eigenvalue weighted by molar-refractivity contribution is 6.21. The van der Waals surface area contributed by atoms with Crippen molar-refractivity contribution in [3.05, 3.63) is 47.5 Å². The van der Waals surface area contributed by atoms with Gasteiger partial charge in [0.15, 0.2) is 0 Å². The molecule has 0 unspecified atom stereocenters. The Hall–Kier alpha value is -3.28. The average molecular weight is 296 g/mol. The number of fused-ring (bicyclic) bond motifs is 2. The number of carboxylic acid groups (broad SMARTS) is 2. The van der Waals surface area contributed by atoms with Crippen molar-refractivity contribution >= 4 is 44.9 Å². The summed E-state index contributed by atoms with van der Waals surface area (Å²) in [6.45, 7) is 0. The number of hydrogen-bond acceptors (Lipinski definition) is 4. The fourth-order valence-electron chi connectivity index (χ4n) is 2.66. The smallest absolute Gasteiger partial charge is 0.338 e. The first-order chi connectivity index (χ1) is 10.4. The van der Waals surface area contributed by atoms with E-state index in [1.165, 1.54) is 0 Å². The van der Waals surface area contributed by atoms with Gasteiger partial charge in [0.1, 0.15) is 0 Å². The Morgan fingerprint density at radius 1 is 0.773 bits per heavy atom. The molecule has 0 heterocycles. The predicted molar refractivity (Wildman–Crippen MR) is 84.2 cm³/mol. The average Bonchev–Trinajstić information content (AvgIpc) is 2.48. The van der Waals surface area contributed by atoms with Crippen molar-refractivity contribution in [2.75, 3.05) is 11.5 Å². The highest BCUT2D eigenvalue weighted by Crippen LogP contribution is 2.37. The zero-order chi connectivity index (χ0) is 16.0. The number of carbonyl (C=O) groups is 2. The molecule has 0 fully saturated rings. The number of anilines is 2. The molecule has 22 heavy (non-hydrogen) atoms. The second kappa shape index (κ2) is 4.63. The second-order valence-corrected chi connectivity index (χ2v) is 4.93. The highest BCUT2D eigenvalue weighted by Gasteiger charge is 2.25. The van der Waals surface area contributed by atoms with E-state index >= 15 is 0 Å². The van der Waals surface area contributed by atoms with Gasteiger partial charge < -0.3 is 21.7 Å². The lowest BCUT2D eigenvalue weighted by Crippen LogP contribution is -2.14. The van der Waals surface area contributed by atoms with Crippen LogP contribution in [0.4, 0.5) is 11.4 Å². The van der Waals surface area contributed by atoms with E-state index in [1.807, 2.05) is 24.3 Å². The minimum atomic E-state index is -1.42. The summed E-state index contributed by atoms with van der Waals surface area (Å²) in [7, 11) is 0. The summed E-state index contributed by atoms with van der Waals surface area (Å²) in [6, 6.07) is 10.7. The molecule has 0 amide bonds. The number of carboxylic acids is 2. The largest absolute Gasteiger partial charge is 0.478 e. The first-order valence-electron chi connectivity index (χ1n) is 6.41. The Bertz CT molecular complexity index is 963. The lowest BCUT2D eigenvalue weighted by Gasteiger charge is -2.14. The van der Waals surface area contributed by atoms with Crippen molar-refractivity contribution in [3.63, 3.8) is 0 Å². The van der Waals surface area contributed by atoms with Gasteiger partial charge in [-0.25, -0.2) is 9.59 Å². The zero-order valence-electron chi connectivity index (χ0n) is 11.3. The van der Waals surface area contributed by atoms with Crippen LogP contribution in [0.3, 0.4) is 0 Å². The molecule has 0 aliphatic rings. The van der Waals surface area contributed by atoms with Crippen LogP contribution < -0.4 is 11.5 Å². The van der Waals surface area contributed by atoms with E-state index < -0.39 is 17.5 Å². The molecule has 0 aromatic heterocycles. The van der Waals surface area contributed by atoms with E-state index in [4.69, 9.17) is 11.5 Å². The lowest BCUT2D eigenvalue weighted by atomic mass is 9.93. The van der Waals surface area contributed by atoms with Crippen molar-refractivity contribution in [1.82, 2.24) is 0 Å². The first-order valence-corrected chi connectivity index (χ1v) is 6.41. The van der Waals surface area contributed by atoms with E-state index in [-0.39, 0.29) is 22.3 Å². The number of rotatable bonds is 2. The zero-order valence-corrected chi connectivity index (χ0v) is 11.3. The van der Waals surface area contributed by atoms with Crippen LogP contribution in [-0.2, 0) is 0 Å². The van der Waals surface area contributed by atoms with Gasteiger partial charge in [0.05, 0.1) is 22.5 Å². The molecule has 0 bridgehead atoms. The maximum Gasteiger partial charge on any atom is 0.338 e. The molecule has 3 rings (SSSR count). The molecule has 0 spiro atoms. The van der Waals surface area contributed by atoms with E-state index in [0.717, 1.165) is 10.8 Å². The molecule has 0 atom stereocenters. The Balaban J connectivity index is 2.62. The van der Waals surface area contributed by atoms with Crippen LogP contribution in [0.15, 0.2) is 36.4 Å². The third-order valence-electron chi connectivity index (χ3n) is 3.68. The SMILES string of the molecule is Nc1c(C(=O)O)c(C(=O)O)c2cc3ccccc3cc2c1N. The van der Waals surface area contributed by atoms with Gasteiger partial charge in [-0.3, -0.25) is 0 Å². The summed E-state index contributed by atoms with van der Waals surface area (Å²) in [5.41, 5.74) is 10.7. The molecule has 6 heteroatoms. The summed E-state index contributed by atoms with van der Waals surface area (Å²) in [6.07, 6.45) is 0. The molecular formula is C16H12N2O4. The molecule has 0 aliphatic heterocycles. The molecule has 0 aliphatic carbocycles. The number of aromatic carboxylic acids is 2. The lowest BCUT2D eigenvalue weighted by molar-refractivity contribution is 0.0654. The molecule has 0 saturated carbocycles. The van der Waals surface area contributed by atoms with Crippen LogP contribution in [0.2, 0.25) is 0 Å². The molecule has 6 nitrogen and oxygen atoms in total. The van der Waals surface area contributed by atoms with Gasteiger partial charge in [0.25, 0.3) is 0 Å². The fourth-order valence-corrected chi connectivity index (χ4v) is 2.66. The molecule has 110 valence electrons. The van der Waals surface area contributed by atoms with Crippen molar-refractivity contribution < 1.29 is 19.8 Å². The third-order valence-corrected chi connectivity index (χ3v) is 3.68. The van der Waals surface area contributed by atoms with E-state index in [2.05, 4.69) is 0 Å². The van der Waals surface area contributed by atoms with Gasteiger partial charge >= 0.3 is 11.9 Å². The van der Waals surface area contributed by atoms with Crippen LogP contribution in [0.25, 0.3) is 21.5 Å². The standard InChI is InChI=1S/C16H12N2O4/c17-13-10-6-8-4-2-1-3-7(8)5-9(10)11(15(19)20)12(14(13)18)16(21)22/h1-6H,17-18H2,(H,19,20)(H,21,22). The Morgan fingerprint density at radius 2 is 1.27 bits per heavy atom. The number of benzene rings is 3. The Kier molecular flexibility index (Phi) is 2.88. The number of nitrogen functional groups attached to an aromatic ring is 2. The third kappa shape index (κ3) is 1.81. The van der Waals surface area contributed by atoms with Gasteiger partial charge in [-0.2, -0.15) is 0 Å². The van der Waals surface area contributed by atoms with Crippen molar-refractivity contribution in [3.8, 4) is 0 Å². The minimum Gasteiger partial charge on any atom is -0.478 e. The van der Waals surface area contributed by atoms with Gasteiger partial charge in [0.2, 0.25) is 0 Å². The second-order valence-electron chi connectivity index (χ2n) is 4.93. The quantitative estimate of drug-likeness (QED) is 0.425. The van der Waals surface area contributed by atoms with Crippen LogP contribution >= 0.6 is 0 Å². The van der Waals surface area contributed by atoms with Crippen molar-refractivity contribution in [2.24, 2.45) is 0 Å². The Labute approximate surface area is 124 Å². The van der Waals surface area contributed by atoms with E-state index in [9.17, 15) is 19.8 Å². The monoisotopic (exact) mass is 296 g/mol. The van der Waals surface area contributed by atoms with Crippen molar-refractivity contribution in [1.29, 1.82) is 0 Å². The van der Waals surface area contributed by atoms with Gasteiger partial charge in [-0.15, -0.1) is 0 Å². The summed E-state index contributed by atoms with van der Waals surface area (Å²) >= 11 is 0. The van der Waals surface area contributed by atoms with Crippen molar-refractivity contribution in [2.45, 2.75) is 0 Å². The first kappa shape index (κ1) is 13.7. The molecule has 3 aromatic carbocycles. The molecule has 3 aromatic rings. The molecule has 0 saturated heterocycles. The predicted octanol–water partition coefficient (Wildman–Crippen LogP) is 2.55. The highest BCUT2D eigenvalue weighted by atomic mass is 16.4. The number of nitrogens with two attached hydrogens (primary N) is 2. The maximum atomic E-state index is 11.6. The summed E-state index contributed by atoms with van der Waals surface area (Å²) in [5.74, 6) is -2.78. The fraction of sp³-hybridized carbons (Fsp3) is 0. The van der Waals surface area contributed by atoms with Crippen LogP contribution in [-0.4, -0.2) is 22.2 Å². The Morgan fingerprint density at radius 3 is 1.77 bits per heavy atom. The van der Waals surface area contributed by atoms with Gasteiger partial charge in [0, 0.05) is 5.39 Å². The normalized spacial score (nSPS) is 10.9. The van der Waals surface area contributed by atoms with Crippen LogP contribution in [0.1, 0.15) is 20.7 Å². The van der Waals surface area contributed by atoms with Gasteiger partial charge in [-0.1, -0.05) is 24.3 Å². The van der Waals surface area contributed by atoms with Crippen LogP contribution in [0.5, 0.6) is 0 Å².